The van der Waals surface area contributed by atoms with Gasteiger partial charge in [-0.1, -0.05) is 24.3 Å². The van der Waals surface area contributed by atoms with Crippen molar-refractivity contribution < 1.29 is 22.0 Å². The Morgan fingerprint density at radius 3 is 2.42 bits per heavy atom. The number of hydrogen-bond donors (Lipinski definition) is 1. The maximum atomic E-state index is 13.3. The standard InChI is InChI=1S/C12H13F2NO3S/c1-12(13,14)10-6-4-3-5-9(10)7-8-11(16)15-19(2,17)18/h3-8H,1-2H3,(H,15,16)/b8-7+. The average molecular weight is 289 g/mol. The third kappa shape index (κ3) is 5.17. The van der Waals surface area contributed by atoms with E-state index < -0.39 is 21.9 Å². The lowest BCUT2D eigenvalue weighted by molar-refractivity contribution is -0.114. The van der Waals surface area contributed by atoms with Crippen LogP contribution in [0.15, 0.2) is 30.3 Å². The Hall–Kier alpha value is -1.76. The Bertz CT molecular complexity index is 604. The van der Waals surface area contributed by atoms with Gasteiger partial charge < -0.3 is 0 Å². The van der Waals surface area contributed by atoms with Crippen molar-refractivity contribution in [1.82, 2.24) is 4.72 Å². The SMILES string of the molecule is CC(F)(F)c1ccccc1/C=C/C(=O)NS(C)(=O)=O. The third-order valence-electron chi connectivity index (χ3n) is 2.13. The number of halogens is 2. The molecule has 19 heavy (non-hydrogen) atoms. The van der Waals surface area contributed by atoms with Gasteiger partial charge in [-0.05, 0) is 11.6 Å². The number of sulfonamides is 1. The van der Waals surface area contributed by atoms with Gasteiger partial charge in [0.1, 0.15) is 0 Å². The monoisotopic (exact) mass is 289 g/mol. The average Bonchev–Trinajstić information content (AvgIpc) is 2.23. The van der Waals surface area contributed by atoms with Crippen molar-refractivity contribution in [2.24, 2.45) is 0 Å². The fraction of sp³-hybridized carbons (Fsp3) is 0.250. The third-order valence-corrected chi connectivity index (χ3v) is 2.71. The van der Waals surface area contributed by atoms with Crippen molar-refractivity contribution in [3.8, 4) is 0 Å². The molecule has 0 aliphatic rings. The van der Waals surface area contributed by atoms with Crippen LogP contribution in [0, 0.1) is 0 Å². The van der Waals surface area contributed by atoms with Crippen LogP contribution in [-0.4, -0.2) is 20.6 Å². The molecule has 104 valence electrons. The number of rotatable bonds is 4. The summed E-state index contributed by atoms with van der Waals surface area (Å²) in [4.78, 5) is 11.2. The van der Waals surface area contributed by atoms with E-state index in [1.54, 1.807) is 10.8 Å². The molecule has 0 heterocycles. The van der Waals surface area contributed by atoms with Gasteiger partial charge in [-0.25, -0.2) is 21.9 Å². The molecule has 7 heteroatoms. The van der Waals surface area contributed by atoms with Gasteiger partial charge in [0.25, 0.3) is 11.8 Å². The Balaban J connectivity index is 2.98. The molecule has 1 aromatic carbocycles. The number of benzene rings is 1. The highest BCUT2D eigenvalue weighted by molar-refractivity contribution is 7.89. The Kier molecular flexibility index (Phi) is 4.41. The predicted molar refractivity (Wildman–Crippen MR) is 68.0 cm³/mol. The summed E-state index contributed by atoms with van der Waals surface area (Å²) in [6.45, 7) is 0.746. The van der Waals surface area contributed by atoms with Gasteiger partial charge in [0.2, 0.25) is 10.0 Å². The van der Waals surface area contributed by atoms with Crippen LogP contribution in [0.3, 0.4) is 0 Å². The highest BCUT2D eigenvalue weighted by atomic mass is 32.2. The molecule has 1 rings (SSSR count). The fourth-order valence-corrected chi connectivity index (χ4v) is 1.86. The van der Waals surface area contributed by atoms with E-state index in [9.17, 15) is 22.0 Å². The van der Waals surface area contributed by atoms with Crippen LogP contribution in [-0.2, 0) is 20.7 Å². The predicted octanol–water partition coefficient (Wildman–Crippen LogP) is 1.89. The van der Waals surface area contributed by atoms with E-state index in [-0.39, 0.29) is 11.1 Å². The Morgan fingerprint density at radius 2 is 1.89 bits per heavy atom. The van der Waals surface area contributed by atoms with Crippen LogP contribution < -0.4 is 4.72 Å². The molecule has 0 spiro atoms. The maximum absolute atomic E-state index is 13.3. The lowest BCUT2D eigenvalue weighted by Crippen LogP contribution is -2.27. The van der Waals surface area contributed by atoms with E-state index in [2.05, 4.69) is 0 Å². The zero-order valence-electron chi connectivity index (χ0n) is 10.4. The minimum Gasteiger partial charge on any atom is -0.269 e. The second-order valence-electron chi connectivity index (χ2n) is 4.05. The maximum Gasteiger partial charge on any atom is 0.271 e. The van der Waals surface area contributed by atoms with Gasteiger partial charge in [-0.15, -0.1) is 0 Å². The summed E-state index contributed by atoms with van der Waals surface area (Å²) in [7, 11) is -3.67. The first-order chi connectivity index (χ1) is 8.59. The molecule has 1 aromatic rings. The fourth-order valence-electron chi connectivity index (χ4n) is 1.42. The van der Waals surface area contributed by atoms with Crippen LogP contribution in [0.25, 0.3) is 6.08 Å². The first kappa shape index (κ1) is 15.3. The van der Waals surface area contributed by atoms with Crippen molar-refractivity contribution >= 4 is 22.0 Å². The molecule has 0 fully saturated rings. The summed E-state index contributed by atoms with van der Waals surface area (Å²) < 4.78 is 49.9. The summed E-state index contributed by atoms with van der Waals surface area (Å²) >= 11 is 0. The Morgan fingerprint density at radius 1 is 1.32 bits per heavy atom. The quantitative estimate of drug-likeness (QED) is 0.861. The van der Waals surface area contributed by atoms with E-state index in [4.69, 9.17) is 0 Å². The van der Waals surface area contributed by atoms with Crippen LogP contribution >= 0.6 is 0 Å². The summed E-state index contributed by atoms with van der Waals surface area (Å²) in [5.41, 5.74) is -0.0861. The largest absolute Gasteiger partial charge is 0.271 e. The number of hydrogen-bond acceptors (Lipinski definition) is 3. The first-order valence-corrected chi connectivity index (χ1v) is 7.16. The van der Waals surface area contributed by atoms with E-state index in [0.717, 1.165) is 25.3 Å². The van der Waals surface area contributed by atoms with Gasteiger partial charge in [0.15, 0.2) is 0 Å². The van der Waals surface area contributed by atoms with Crippen LogP contribution in [0.1, 0.15) is 18.1 Å². The number of carbonyl (C=O) groups excluding carboxylic acids is 1. The van der Waals surface area contributed by atoms with E-state index >= 15 is 0 Å². The number of carbonyl (C=O) groups is 1. The molecule has 0 unspecified atom stereocenters. The van der Waals surface area contributed by atoms with Crippen molar-refractivity contribution in [3.05, 3.63) is 41.5 Å². The molecule has 0 aliphatic heterocycles. The lowest BCUT2D eigenvalue weighted by Gasteiger charge is -2.13. The highest BCUT2D eigenvalue weighted by Gasteiger charge is 2.26. The van der Waals surface area contributed by atoms with Crippen molar-refractivity contribution in [2.75, 3.05) is 6.26 Å². The first-order valence-electron chi connectivity index (χ1n) is 5.27. The molecule has 0 aromatic heterocycles. The summed E-state index contributed by atoms with van der Waals surface area (Å²) in [5, 5.41) is 0. The molecular formula is C12H13F2NO3S. The zero-order valence-corrected chi connectivity index (χ0v) is 11.2. The molecule has 0 atom stereocenters. The second-order valence-corrected chi connectivity index (χ2v) is 5.80. The number of alkyl halides is 2. The second kappa shape index (κ2) is 5.48. The molecule has 0 saturated carbocycles. The highest BCUT2D eigenvalue weighted by Crippen LogP contribution is 2.30. The molecule has 4 nitrogen and oxygen atoms in total. The van der Waals surface area contributed by atoms with Crippen LogP contribution in [0.2, 0.25) is 0 Å². The topological polar surface area (TPSA) is 63.2 Å². The number of amides is 1. The molecule has 1 N–H and O–H groups in total. The summed E-state index contributed by atoms with van der Waals surface area (Å²) in [6.07, 6.45) is 2.87. The van der Waals surface area contributed by atoms with Gasteiger partial charge in [-0.2, -0.15) is 0 Å². The van der Waals surface area contributed by atoms with Gasteiger partial charge in [-0.3, -0.25) is 4.79 Å². The molecule has 0 saturated heterocycles. The van der Waals surface area contributed by atoms with Gasteiger partial charge >= 0.3 is 0 Å². The summed E-state index contributed by atoms with van der Waals surface area (Å²) in [5.74, 6) is -3.94. The normalized spacial score (nSPS) is 12.6. The van der Waals surface area contributed by atoms with Crippen molar-refractivity contribution in [2.45, 2.75) is 12.8 Å². The van der Waals surface area contributed by atoms with Crippen molar-refractivity contribution in [3.63, 3.8) is 0 Å². The minimum absolute atomic E-state index is 0.152. The van der Waals surface area contributed by atoms with E-state index in [0.29, 0.717) is 0 Å². The zero-order chi connectivity index (χ0) is 14.7. The molecule has 0 bridgehead atoms. The molecule has 0 radical (unpaired) electrons. The minimum atomic E-state index is -3.67. The van der Waals surface area contributed by atoms with Gasteiger partial charge in [0, 0.05) is 18.6 Å². The number of nitrogens with one attached hydrogen (secondary N) is 1. The Labute approximate surface area is 110 Å². The van der Waals surface area contributed by atoms with Gasteiger partial charge in [0.05, 0.1) is 6.26 Å². The van der Waals surface area contributed by atoms with Crippen LogP contribution in [0.4, 0.5) is 8.78 Å². The molecular weight excluding hydrogens is 276 g/mol. The van der Waals surface area contributed by atoms with Crippen LogP contribution in [0.5, 0.6) is 0 Å². The van der Waals surface area contributed by atoms with E-state index in [1.807, 2.05) is 0 Å². The smallest absolute Gasteiger partial charge is 0.269 e. The molecule has 1 amide bonds. The summed E-state index contributed by atoms with van der Waals surface area (Å²) in [6, 6.07) is 5.66. The van der Waals surface area contributed by atoms with E-state index in [1.165, 1.54) is 18.2 Å². The molecule has 0 aliphatic carbocycles. The lowest BCUT2D eigenvalue weighted by atomic mass is 10.0. The van der Waals surface area contributed by atoms with Crippen molar-refractivity contribution in [1.29, 1.82) is 0 Å².